The van der Waals surface area contributed by atoms with Gasteiger partial charge in [0.05, 0.1) is 28.8 Å². The maximum Gasteiger partial charge on any atom is 0.339 e. The summed E-state index contributed by atoms with van der Waals surface area (Å²) in [4.78, 5) is 36.5. The molecule has 0 unspecified atom stereocenters. The summed E-state index contributed by atoms with van der Waals surface area (Å²) in [6.45, 7) is 0.340. The van der Waals surface area contributed by atoms with Crippen LogP contribution in [-0.4, -0.2) is 39.0 Å². The quantitative estimate of drug-likeness (QED) is 0.451. The number of carbonyl (C=O) groups excluding carboxylic acids is 1. The van der Waals surface area contributed by atoms with Crippen molar-refractivity contribution < 1.29 is 19.4 Å². The zero-order valence-corrected chi connectivity index (χ0v) is 16.1. The molecule has 3 heterocycles. The first-order valence-electron chi connectivity index (χ1n) is 8.64. The molecular formula is C20H16N4O4S. The number of aromatic carboxylic acids is 1. The Morgan fingerprint density at radius 1 is 1.24 bits per heavy atom. The van der Waals surface area contributed by atoms with Crippen molar-refractivity contribution in [2.45, 2.75) is 6.54 Å². The molecule has 0 saturated carbocycles. The van der Waals surface area contributed by atoms with Crippen molar-refractivity contribution in [2.75, 3.05) is 7.11 Å². The van der Waals surface area contributed by atoms with E-state index in [1.165, 1.54) is 17.5 Å². The number of benzene rings is 1. The van der Waals surface area contributed by atoms with Gasteiger partial charge in [0.1, 0.15) is 16.8 Å². The number of carboxylic acid groups (broad SMARTS) is 1. The van der Waals surface area contributed by atoms with E-state index in [0.717, 1.165) is 10.4 Å². The number of nitrogens with one attached hydrogen (secondary N) is 2. The average Bonchev–Trinajstić information content (AvgIpc) is 3.39. The van der Waals surface area contributed by atoms with E-state index in [9.17, 15) is 14.7 Å². The number of hydrogen-bond donors (Lipinski definition) is 3. The summed E-state index contributed by atoms with van der Waals surface area (Å²) in [5, 5.41) is 12.1. The van der Waals surface area contributed by atoms with Crippen molar-refractivity contribution in [1.82, 2.24) is 20.3 Å². The molecule has 1 aromatic carbocycles. The molecule has 29 heavy (non-hydrogen) atoms. The van der Waals surface area contributed by atoms with Crippen molar-refractivity contribution >= 4 is 34.4 Å². The summed E-state index contributed by atoms with van der Waals surface area (Å²) >= 11 is 1.26. The van der Waals surface area contributed by atoms with Gasteiger partial charge < -0.3 is 20.1 Å². The number of carbonyl (C=O) groups is 2. The summed E-state index contributed by atoms with van der Waals surface area (Å²) in [5.41, 5.74) is 2.13. The monoisotopic (exact) mass is 408 g/mol. The second kappa shape index (κ2) is 7.72. The van der Waals surface area contributed by atoms with Gasteiger partial charge in [-0.1, -0.05) is 18.2 Å². The fraction of sp³-hybridized carbons (Fsp3) is 0.100. The Morgan fingerprint density at radius 2 is 2.07 bits per heavy atom. The first-order chi connectivity index (χ1) is 14.1. The number of hydrogen-bond acceptors (Lipinski definition) is 6. The highest BCUT2D eigenvalue weighted by Crippen LogP contribution is 2.28. The van der Waals surface area contributed by atoms with E-state index in [2.05, 4.69) is 20.3 Å². The SMILES string of the molecule is COc1ccccc1CNC(=O)c1ccc(-c2cnc3[nH]cc(C(=O)O)c3n2)s1. The minimum Gasteiger partial charge on any atom is -0.496 e. The third kappa shape index (κ3) is 3.67. The van der Waals surface area contributed by atoms with Crippen molar-refractivity contribution in [3.8, 4) is 16.3 Å². The third-order valence-corrected chi connectivity index (χ3v) is 5.43. The average molecular weight is 408 g/mol. The normalized spacial score (nSPS) is 10.8. The number of para-hydroxylation sites is 1. The molecule has 0 aliphatic heterocycles. The molecule has 0 aliphatic rings. The van der Waals surface area contributed by atoms with Crippen molar-refractivity contribution in [3.63, 3.8) is 0 Å². The molecule has 3 N–H and O–H groups in total. The Kier molecular flexibility index (Phi) is 4.96. The second-order valence-corrected chi connectivity index (χ2v) is 7.20. The molecule has 0 radical (unpaired) electrons. The van der Waals surface area contributed by atoms with Crippen LogP contribution in [0.1, 0.15) is 25.6 Å². The van der Waals surface area contributed by atoms with E-state index >= 15 is 0 Å². The summed E-state index contributed by atoms with van der Waals surface area (Å²) < 4.78 is 5.29. The predicted octanol–water partition coefficient (Wildman–Crippen LogP) is 3.32. The molecule has 0 saturated heterocycles. The van der Waals surface area contributed by atoms with Crippen LogP contribution in [0.3, 0.4) is 0 Å². The zero-order valence-electron chi connectivity index (χ0n) is 15.3. The first-order valence-corrected chi connectivity index (χ1v) is 9.46. The topological polar surface area (TPSA) is 117 Å². The second-order valence-electron chi connectivity index (χ2n) is 6.12. The fourth-order valence-corrected chi connectivity index (χ4v) is 3.76. The summed E-state index contributed by atoms with van der Waals surface area (Å²) in [6.07, 6.45) is 2.91. The molecule has 8 nitrogen and oxygen atoms in total. The number of nitrogens with zero attached hydrogens (tertiary/aromatic N) is 2. The highest BCUT2D eigenvalue weighted by Gasteiger charge is 2.16. The number of carboxylic acids is 1. The molecule has 4 rings (SSSR count). The van der Waals surface area contributed by atoms with E-state index in [1.54, 1.807) is 25.4 Å². The van der Waals surface area contributed by atoms with Gasteiger partial charge in [0.25, 0.3) is 5.91 Å². The van der Waals surface area contributed by atoms with Gasteiger partial charge in [-0.15, -0.1) is 11.3 Å². The highest BCUT2D eigenvalue weighted by atomic mass is 32.1. The Hall–Kier alpha value is -3.72. The number of amides is 1. The largest absolute Gasteiger partial charge is 0.496 e. The lowest BCUT2D eigenvalue weighted by atomic mass is 10.2. The molecule has 0 spiro atoms. The smallest absolute Gasteiger partial charge is 0.339 e. The van der Waals surface area contributed by atoms with Crippen LogP contribution in [-0.2, 0) is 6.54 Å². The van der Waals surface area contributed by atoms with Crippen molar-refractivity contribution in [3.05, 3.63) is 64.8 Å². The molecule has 0 bridgehead atoms. The highest BCUT2D eigenvalue weighted by molar-refractivity contribution is 7.17. The molecular weight excluding hydrogens is 392 g/mol. The van der Waals surface area contributed by atoms with Gasteiger partial charge in [0, 0.05) is 18.3 Å². The number of methoxy groups -OCH3 is 1. The number of rotatable bonds is 6. The lowest BCUT2D eigenvalue weighted by molar-refractivity contribution is 0.0698. The van der Waals surface area contributed by atoms with Crippen LogP contribution in [0.25, 0.3) is 21.7 Å². The van der Waals surface area contributed by atoms with Crippen LogP contribution in [0.5, 0.6) is 5.75 Å². The van der Waals surface area contributed by atoms with Gasteiger partial charge in [0.15, 0.2) is 5.65 Å². The molecule has 0 fully saturated rings. The lowest BCUT2D eigenvalue weighted by Crippen LogP contribution is -2.22. The van der Waals surface area contributed by atoms with Gasteiger partial charge in [-0.25, -0.2) is 14.8 Å². The van der Waals surface area contributed by atoms with Crippen LogP contribution >= 0.6 is 11.3 Å². The fourth-order valence-electron chi connectivity index (χ4n) is 2.88. The minimum absolute atomic E-state index is 0.0562. The molecule has 9 heteroatoms. The van der Waals surface area contributed by atoms with Crippen LogP contribution in [0.2, 0.25) is 0 Å². The predicted molar refractivity (Wildman–Crippen MR) is 108 cm³/mol. The van der Waals surface area contributed by atoms with Crippen LogP contribution < -0.4 is 10.1 Å². The standard InChI is InChI=1S/C20H16N4O4S/c1-28-14-5-3-2-4-11(14)8-23-19(25)16-7-6-15(29-16)13-10-22-18-17(24-13)12(9-21-18)20(26)27/h2-7,9-10H,8H2,1H3,(H,21,22)(H,23,25)(H,26,27). The number of thiophene rings is 1. The van der Waals surface area contributed by atoms with Gasteiger partial charge >= 0.3 is 5.97 Å². The third-order valence-electron chi connectivity index (χ3n) is 4.33. The van der Waals surface area contributed by atoms with E-state index in [4.69, 9.17) is 4.74 Å². The number of aromatic nitrogens is 3. The zero-order chi connectivity index (χ0) is 20.4. The summed E-state index contributed by atoms with van der Waals surface area (Å²) in [5.74, 6) is -0.580. The van der Waals surface area contributed by atoms with E-state index in [0.29, 0.717) is 28.5 Å². The van der Waals surface area contributed by atoms with Crippen LogP contribution in [0.15, 0.2) is 48.8 Å². The summed E-state index contributed by atoms with van der Waals surface area (Å²) in [7, 11) is 1.59. The van der Waals surface area contributed by atoms with Crippen LogP contribution in [0.4, 0.5) is 0 Å². The van der Waals surface area contributed by atoms with Gasteiger partial charge in [0.2, 0.25) is 0 Å². The molecule has 0 atom stereocenters. The molecule has 146 valence electrons. The van der Waals surface area contributed by atoms with Crippen LogP contribution in [0, 0.1) is 0 Å². The molecule has 4 aromatic rings. The van der Waals surface area contributed by atoms with Crippen molar-refractivity contribution in [1.29, 1.82) is 0 Å². The van der Waals surface area contributed by atoms with Gasteiger partial charge in [-0.2, -0.15) is 0 Å². The summed E-state index contributed by atoms with van der Waals surface area (Å²) in [6, 6.07) is 11.0. The number of aromatic amines is 1. The molecule has 3 aromatic heterocycles. The number of H-pyrrole nitrogens is 1. The number of ether oxygens (including phenoxy) is 1. The van der Waals surface area contributed by atoms with E-state index < -0.39 is 5.97 Å². The molecule has 1 amide bonds. The number of fused-ring (bicyclic) bond motifs is 1. The Bertz CT molecular complexity index is 1210. The lowest BCUT2D eigenvalue weighted by Gasteiger charge is -2.08. The maximum absolute atomic E-state index is 12.5. The van der Waals surface area contributed by atoms with E-state index in [1.807, 2.05) is 24.3 Å². The van der Waals surface area contributed by atoms with E-state index in [-0.39, 0.29) is 17.0 Å². The van der Waals surface area contributed by atoms with Gasteiger partial charge in [-0.3, -0.25) is 4.79 Å². The Labute approximate surface area is 169 Å². The minimum atomic E-state index is -1.08. The Balaban J connectivity index is 1.53. The molecule has 0 aliphatic carbocycles. The van der Waals surface area contributed by atoms with Gasteiger partial charge in [-0.05, 0) is 18.2 Å². The van der Waals surface area contributed by atoms with Crippen molar-refractivity contribution in [2.24, 2.45) is 0 Å². The Morgan fingerprint density at radius 3 is 2.86 bits per heavy atom. The maximum atomic E-state index is 12.5. The first kappa shape index (κ1) is 18.6.